The lowest BCUT2D eigenvalue weighted by Gasteiger charge is -1.96. The highest BCUT2D eigenvalue weighted by Crippen LogP contribution is 2.25. The van der Waals surface area contributed by atoms with Gasteiger partial charge in [0, 0.05) is 5.56 Å². The highest BCUT2D eigenvalue weighted by Gasteiger charge is 2.08. The van der Waals surface area contributed by atoms with Gasteiger partial charge in [-0.25, -0.2) is 4.98 Å². The van der Waals surface area contributed by atoms with Gasteiger partial charge >= 0.3 is 0 Å². The molecule has 0 saturated carbocycles. The fourth-order valence-electron chi connectivity index (χ4n) is 1.30. The molecule has 3 nitrogen and oxygen atoms in total. The van der Waals surface area contributed by atoms with Gasteiger partial charge in [0.1, 0.15) is 9.88 Å². The van der Waals surface area contributed by atoms with E-state index in [1.165, 1.54) is 23.1 Å². The minimum atomic E-state index is -0.425. The highest BCUT2D eigenvalue weighted by molar-refractivity contribution is 7.16. The third-order valence-corrected chi connectivity index (χ3v) is 3.07. The number of hydrogen-bond donors (Lipinski definition) is 1. The Labute approximate surface area is 91.6 Å². The van der Waals surface area contributed by atoms with Crippen molar-refractivity contribution in [3.8, 4) is 10.6 Å². The average Bonchev–Trinajstić information content (AvgIpc) is 2.66. The van der Waals surface area contributed by atoms with Crippen LogP contribution in [0.2, 0.25) is 0 Å². The summed E-state index contributed by atoms with van der Waals surface area (Å²) in [5.74, 6) is -0.425. The Morgan fingerprint density at radius 1 is 1.47 bits per heavy atom. The zero-order valence-corrected chi connectivity index (χ0v) is 9.04. The van der Waals surface area contributed by atoms with Gasteiger partial charge in [0.05, 0.1) is 6.20 Å². The van der Waals surface area contributed by atoms with Gasteiger partial charge in [0.2, 0.25) is 0 Å². The third kappa shape index (κ3) is 2.05. The number of nitrogens with two attached hydrogens (primary N) is 1. The van der Waals surface area contributed by atoms with E-state index >= 15 is 0 Å². The van der Waals surface area contributed by atoms with Crippen LogP contribution in [0, 0.1) is 6.92 Å². The number of rotatable bonds is 2. The lowest BCUT2D eigenvalue weighted by Crippen LogP contribution is -2.08. The van der Waals surface area contributed by atoms with Gasteiger partial charge < -0.3 is 5.73 Å². The number of benzene rings is 1. The second kappa shape index (κ2) is 3.82. The maximum Gasteiger partial charge on any atom is 0.260 e. The number of nitrogens with zero attached hydrogens (tertiary/aromatic N) is 1. The van der Waals surface area contributed by atoms with E-state index in [1.54, 1.807) is 0 Å². The van der Waals surface area contributed by atoms with Crippen molar-refractivity contribution in [3.05, 3.63) is 40.9 Å². The molecule has 0 unspecified atom stereocenters. The minimum absolute atomic E-state index is 0.425. The SMILES string of the molecule is Cc1cccc(-c2ncc(C(N)=O)s2)c1. The van der Waals surface area contributed by atoms with Crippen LogP contribution in [0.25, 0.3) is 10.6 Å². The summed E-state index contributed by atoms with van der Waals surface area (Å²) in [5, 5.41) is 0.826. The molecule has 0 radical (unpaired) electrons. The van der Waals surface area contributed by atoms with Crippen LogP contribution in [0.3, 0.4) is 0 Å². The van der Waals surface area contributed by atoms with Crippen LogP contribution in [0.4, 0.5) is 0 Å². The van der Waals surface area contributed by atoms with Crippen LogP contribution in [-0.4, -0.2) is 10.9 Å². The zero-order chi connectivity index (χ0) is 10.8. The molecular formula is C11H10N2OS. The Morgan fingerprint density at radius 2 is 2.27 bits per heavy atom. The minimum Gasteiger partial charge on any atom is -0.365 e. The summed E-state index contributed by atoms with van der Waals surface area (Å²) in [5.41, 5.74) is 7.36. The maximum absolute atomic E-state index is 10.9. The van der Waals surface area contributed by atoms with Crippen molar-refractivity contribution in [2.45, 2.75) is 6.92 Å². The third-order valence-electron chi connectivity index (χ3n) is 2.01. The molecule has 2 N–H and O–H groups in total. The second-order valence-corrected chi connectivity index (χ2v) is 4.29. The molecule has 0 atom stereocenters. The van der Waals surface area contributed by atoms with Crippen LogP contribution in [0.1, 0.15) is 15.2 Å². The van der Waals surface area contributed by atoms with Crippen molar-refractivity contribution in [1.29, 1.82) is 0 Å². The fourth-order valence-corrected chi connectivity index (χ4v) is 2.06. The molecule has 0 aliphatic carbocycles. The Balaban J connectivity index is 2.41. The number of thiazole rings is 1. The van der Waals surface area contributed by atoms with Crippen LogP contribution in [0.5, 0.6) is 0 Å². The van der Waals surface area contributed by atoms with Gasteiger partial charge in [0.15, 0.2) is 0 Å². The topological polar surface area (TPSA) is 56.0 Å². The standard InChI is InChI=1S/C11H10N2OS/c1-7-3-2-4-8(5-7)11-13-6-9(15-11)10(12)14/h2-6H,1H3,(H2,12,14). The number of aromatic nitrogens is 1. The summed E-state index contributed by atoms with van der Waals surface area (Å²) in [6, 6.07) is 7.99. The van der Waals surface area contributed by atoms with Gasteiger partial charge in [-0.3, -0.25) is 4.79 Å². The fraction of sp³-hybridized carbons (Fsp3) is 0.0909. The molecule has 1 heterocycles. The van der Waals surface area contributed by atoms with Crippen molar-refractivity contribution in [1.82, 2.24) is 4.98 Å². The lowest BCUT2D eigenvalue weighted by molar-refractivity contribution is 0.100. The largest absolute Gasteiger partial charge is 0.365 e. The molecule has 0 bridgehead atoms. The number of carbonyl (C=O) groups excluding carboxylic acids is 1. The molecule has 0 fully saturated rings. The van der Waals surface area contributed by atoms with E-state index in [4.69, 9.17) is 5.73 Å². The molecular weight excluding hydrogens is 208 g/mol. The average molecular weight is 218 g/mol. The van der Waals surface area contributed by atoms with E-state index in [-0.39, 0.29) is 0 Å². The molecule has 4 heteroatoms. The van der Waals surface area contributed by atoms with E-state index in [0.29, 0.717) is 4.88 Å². The molecule has 0 aliphatic rings. The first-order chi connectivity index (χ1) is 7.16. The smallest absolute Gasteiger partial charge is 0.260 e. The second-order valence-electron chi connectivity index (χ2n) is 3.26. The summed E-state index contributed by atoms with van der Waals surface area (Å²) in [6.07, 6.45) is 1.52. The molecule has 1 amide bonds. The van der Waals surface area contributed by atoms with Gasteiger partial charge in [-0.05, 0) is 13.0 Å². The van der Waals surface area contributed by atoms with Crippen LogP contribution in [0.15, 0.2) is 30.5 Å². The van der Waals surface area contributed by atoms with E-state index in [2.05, 4.69) is 4.98 Å². The summed E-state index contributed by atoms with van der Waals surface area (Å²) in [7, 11) is 0. The first-order valence-corrected chi connectivity index (χ1v) is 5.31. The Morgan fingerprint density at radius 3 is 2.87 bits per heavy atom. The molecule has 2 aromatic rings. The first kappa shape index (κ1) is 9.86. The molecule has 1 aromatic carbocycles. The Kier molecular flexibility index (Phi) is 2.51. The Hall–Kier alpha value is -1.68. The molecule has 2 rings (SSSR count). The first-order valence-electron chi connectivity index (χ1n) is 4.49. The van der Waals surface area contributed by atoms with Crippen LogP contribution in [-0.2, 0) is 0 Å². The van der Waals surface area contributed by atoms with E-state index < -0.39 is 5.91 Å². The normalized spacial score (nSPS) is 10.2. The number of aryl methyl sites for hydroxylation is 1. The molecule has 0 aliphatic heterocycles. The van der Waals surface area contributed by atoms with Gasteiger partial charge in [-0.2, -0.15) is 0 Å². The highest BCUT2D eigenvalue weighted by atomic mass is 32.1. The van der Waals surface area contributed by atoms with Crippen LogP contribution < -0.4 is 5.73 Å². The van der Waals surface area contributed by atoms with Crippen molar-refractivity contribution < 1.29 is 4.79 Å². The van der Waals surface area contributed by atoms with E-state index in [0.717, 1.165) is 10.6 Å². The van der Waals surface area contributed by atoms with Crippen molar-refractivity contribution >= 4 is 17.2 Å². The summed E-state index contributed by atoms with van der Waals surface area (Å²) in [6.45, 7) is 2.02. The van der Waals surface area contributed by atoms with Crippen molar-refractivity contribution in [2.24, 2.45) is 5.73 Å². The van der Waals surface area contributed by atoms with Gasteiger partial charge in [-0.15, -0.1) is 11.3 Å². The molecule has 1 aromatic heterocycles. The van der Waals surface area contributed by atoms with E-state index in [1.807, 2.05) is 31.2 Å². The monoisotopic (exact) mass is 218 g/mol. The number of primary amides is 1. The van der Waals surface area contributed by atoms with Gasteiger partial charge in [0.25, 0.3) is 5.91 Å². The number of amides is 1. The van der Waals surface area contributed by atoms with E-state index in [9.17, 15) is 4.79 Å². The summed E-state index contributed by atoms with van der Waals surface area (Å²) < 4.78 is 0. The zero-order valence-electron chi connectivity index (χ0n) is 8.23. The van der Waals surface area contributed by atoms with Crippen LogP contribution >= 0.6 is 11.3 Å². The molecule has 15 heavy (non-hydrogen) atoms. The predicted molar refractivity (Wildman–Crippen MR) is 60.8 cm³/mol. The molecule has 0 saturated heterocycles. The lowest BCUT2D eigenvalue weighted by atomic mass is 10.1. The number of hydrogen-bond acceptors (Lipinski definition) is 3. The van der Waals surface area contributed by atoms with Gasteiger partial charge in [-0.1, -0.05) is 23.8 Å². The van der Waals surface area contributed by atoms with Crippen molar-refractivity contribution in [3.63, 3.8) is 0 Å². The van der Waals surface area contributed by atoms with Crippen molar-refractivity contribution in [2.75, 3.05) is 0 Å². The Bertz CT molecular complexity index is 505. The summed E-state index contributed by atoms with van der Waals surface area (Å²) >= 11 is 1.32. The molecule has 76 valence electrons. The molecule has 0 spiro atoms. The number of carbonyl (C=O) groups is 1. The maximum atomic E-state index is 10.9. The predicted octanol–water partition coefficient (Wildman–Crippen LogP) is 2.22. The quantitative estimate of drug-likeness (QED) is 0.840. The summed E-state index contributed by atoms with van der Waals surface area (Å²) in [4.78, 5) is 15.6.